The number of aliphatic hydroxyl groups excluding tert-OH is 2. The smallest absolute Gasteiger partial charge is 0.323 e. The third-order valence-electron chi connectivity index (χ3n) is 2.43. The van der Waals surface area contributed by atoms with Gasteiger partial charge in [-0.15, -0.1) is 0 Å². The standard InChI is InChI=1S/C12H17NO6/c13-9(12(18)19-6-8(15)5-14)3-7-1-2-10(16)11(17)4-7/h1-2,4,8-9,14-17H,3,5-6,13H2/t8-,9?/m0/s1. The van der Waals surface area contributed by atoms with Crippen LogP contribution in [0.4, 0.5) is 0 Å². The maximum absolute atomic E-state index is 11.5. The van der Waals surface area contributed by atoms with Crippen molar-refractivity contribution in [3.63, 3.8) is 0 Å². The molecule has 1 aromatic carbocycles. The maximum Gasteiger partial charge on any atom is 0.323 e. The van der Waals surface area contributed by atoms with Crippen molar-refractivity contribution in [2.75, 3.05) is 13.2 Å². The first-order valence-corrected chi connectivity index (χ1v) is 5.66. The van der Waals surface area contributed by atoms with E-state index in [2.05, 4.69) is 0 Å². The second kappa shape index (κ2) is 6.93. The van der Waals surface area contributed by atoms with Crippen LogP contribution in [-0.2, 0) is 16.0 Å². The Morgan fingerprint density at radius 1 is 1.32 bits per heavy atom. The monoisotopic (exact) mass is 271 g/mol. The molecule has 0 saturated carbocycles. The van der Waals surface area contributed by atoms with Crippen LogP contribution in [0.3, 0.4) is 0 Å². The van der Waals surface area contributed by atoms with Gasteiger partial charge in [-0.3, -0.25) is 4.79 Å². The average Bonchev–Trinajstić information content (AvgIpc) is 2.39. The Kier molecular flexibility index (Phi) is 5.56. The number of phenols is 2. The molecule has 1 aromatic rings. The van der Waals surface area contributed by atoms with Gasteiger partial charge in [0.2, 0.25) is 0 Å². The third-order valence-corrected chi connectivity index (χ3v) is 2.43. The van der Waals surface area contributed by atoms with Crippen molar-refractivity contribution >= 4 is 5.97 Å². The lowest BCUT2D eigenvalue weighted by atomic mass is 10.1. The van der Waals surface area contributed by atoms with Crippen LogP contribution in [0.1, 0.15) is 5.56 Å². The first-order chi connectivity index (χ1) is 8.93. The van der Waals surface area contributed by atoms with Crippen LogP contribution in [0.2, 0.25) is 0 Å². The van der Waals surface area contributed by atoms with Gasteiger partial charge >= 0.3 is 5.97 Å². The summed E-state index contributed by atoms with van der Waals surface area (Å²) in [5, 5.41) is 36.0. The molecule has 19 heavy (non-hydrogen) atoms. The zero-order chi connectivity index (χ0) is 14.4. The molecule has 106 valence electrons. The summed E-state index contributed by atoms with van der Waals surface area (Å²) in [5.41, 5.74) is 6.16. The van der Waals surface area contributed by atoms with Crippen LogP contribution in [0, 0.1) is 0 Å². The molecule has 0 radical (unpaired) electrons. The fourth-order valence-corrected chi connectivity index (χ4v) is 1.37. The molecule has 0 aliphatic carbocycles. The lowest BCUT2D eigenvalue weighted by Crippen LogP contribution is -2.36. The predicted molar refractivity (Wildman–Crippen MR) is 65.5 cm³/mol. The molecule has 1 rings (SSSR count). The number of esters is 1. The number of nitrogens with two attached hydrogens (primary N) is 1. The molecule has 0 aliphatic heterocycles. The van der Waals surface area contributed by atoms with E-state index in [9.17, 15) is 9.90 Å². The van der Waals surface area contributed by atoms with E-state index in [0.717, 1.165) is 0 Å². The fraction of sp³-hybridized carbons (Fsp3) is 0.417. The van der Waals surface area contributed by atoms with Gasteiger partial charge in [-0.25, -0.2) is 0 Å². The molecule has 0 fully saturated rings. The zero-order valence-electron chi connectivity index (χ0n) is 10.2. The molecule has 2 atom stereocenters. The van der Waals surface area contributed by atoms with Gasteiger partial charge in [0, 0.05) is 0 Å². The minimum absolute atomic E-state index is 0.113. The van der Waals surface area contributed by atoms with Crippen molar-refractivity contribution < 1.29 is 30.0 Å². The van der Waals surface area contributed by atoms with Gasteiger partial charge in [-0.2, -0.15) is 0 Å². The van der Waals surface area contributed by atoms with Gasteiger partial charge in [0.15, 0.2) is 11.5 Å². The molecule has 0 aromatic heterocycles. The van der Waals surface area contributed by atoms with Crippen molar-refractivity contribution in [1.82, 2.24) is 0 Å². The van der Waals surface area contributed by atoms with E-state index in [0.29, 0.717) is 5.56 Å². The van der Waals surface area contributed by atoms with Gasteiger partial charge in [-0.1, -0.05) is 6.07 Å². The second-order valence-electron chi connectivity index (χ2n) is 4.10. The number of phenolic OH excluding ortho intramolecular Hbond substituents is 2. The number of hydrogen-bond acceptors (Lipinski definition) is 7. The SMILES string of the molecule is NC(Cc1ccc(O)c(O)c1)C(=O)OC[C@@H](O)CO. The number of hydrogen-bond donors (Lipinski definition) is 5. The molecular weight excluding hydrogens is 254 g/mol. The molecule has 7 nitrogen and oxygen atoms in total. The molecule has 0 heterocycles. The Labute approximate surface area is 109 Å². The summed E-state index contributed by atoms with van der Waals surface area (Å²) < 4.78 is 4.70. The van der Waals surface area contributed by atoms with Gasteiger partial charge in [0.05, 0.1) is 6.61 Å². The van der Waals surface area contributed by atoms with Crippen LogP contribution in [0.5, 0.6) is 11.5 Å². The lowest BCUT2D eigenvalue weighted by Gasteiger charge is -2.13. The molecule has 7 heteroatoms. The highest BCUT2D eigenvalue weighted by Gasteiger charge is 2.17. The fourth-order valence-electron chi connectivity index (χ4n) is 1.37. The average molecular weight is 271 g/mol. The Hall–Kier alpha value is -1.83. The summed E-state index contributed by atoms with van der Waals surface area (Å²) in [6.07, 6.45) is -1.02. The highest BCUT2D eigenvalue weighted by Crippen LogP contribution is 2.25. The van der Waals surface area contributed by atoms with Gasteiger partial charge in [-0.05, 0) is 24.1 Å². The molecule has 0 aliphatic rings. The minimum atomic E-state index is -1.13. The van der Waals surface area contributed by atoms with E-state index in [4.69, 9.17) is 25.8 Å². The summed E-state index contributed by atoms with van der Waals surface area (Å²) in [5.74, 6) is -1.28. The molecule has 1 unspecified atom stereocenters. The number of aromatic hydroxyl groups is 2. The number of rotatable bonds is 6. The van der Waals surface area contributed by atoms with Gasteiger partial charge < -0.3 is 30.9 Å². The first kappa shape index (κ1) is 15.2. The molecule has 0 saturated heterocycles. The summed E-state index contributed by atoms with van der Waals surface area (Å²) in [6.45, 7) is -0.835. The first-order valence-electron chi connectivity index (χ1n) is 5.66. The number of benzene rings is 1. The van der Waals surface area contributed by atoms with Crippen molar-refractivity contribution in [2.45, 2.75) is 18.6 Å². The highest BCUT2D eigenvalue weighted by atomic mass is 16.5. The van der Waals surface area contributed by atoms with Crippen LogP contribution >= 0.6 is 0 Å². The van der Waals surface area contributed by atoms with Crippen LogP contribution in [0.15, 0.2) is 18.2 Å². The normalized spacial score (nSPS) is 13.8. The van der Waals surface area contributed by atoms with E-state index in [1.165, 1.54) is 18.2 Å². The zero-order valence-corrected chi connectivity index (χ0v) is 10.2. The Bertz CT molecular complexity index is 436. The van der Waals surface area contributed by atoms with Crippen molar-refractivity contribution in [3.8, 4) is 11.5 Å². The Morgan fingerprint density at radius 2 is 2.00 bits per heavy atom. The summed E-state index contributed by atoms with van der Waals surface area (Å²) in [7, 11) is 0. The van der Waals surface area contributed by atoms with Crippen LogP contribution in [0.25, 0.3) is 0 Å². The minimum Gasteiger partial charge on any atom is -0.504 e. The van der Waals surface area contributed by atoms with Crippen molar-refractivity contribution in [3.05, 3.63) is 23.8 Å². The van der Waals surface area contributed by atoms with E-state index in [1.54, 1.807) is 0 Å². The van der Waals surface area contributed by atoms with Crippen LogP contribution < -0.4 is 5.73 Å². The van der Waals surface area contributed by atoms with E-state index >= 15 is 0 Å². The summed E-state index contributed by atoms with van der Waals surface area (Å²) in [4.78, 5) is 11.5. The number of ether oxygens (including phenoxy) is 1. The Morgan fingerprint density at radius 3 is 2.58 bits per heavy atom. The number of carbonyl (C=O) groups is 1. The topological polar surface area (TPSA) is 133 Å². The quantitative estimate of drug-likeness (QED) is 0.326. The second-order valence-corrected chi connectivity index (χ2v) is 4.10. The highest BCUT2D eigenvalue weighted by molar-refractivity contribution is 5.76. The van der Waals surface area contributed by atoms with Crippen LogP contribution in [-0.4, -0.2) is 51.8 Å². The molecular formula is C12H17NO6. The van der Waals surface area contributed by atoms with Crippen molar-refractivity contribution in [1.29, 1.82) is 0 Å². The number of carbonyl (C=O) groups excluding carboxylic acids is 1. The van der Waals surface area contributed by atoms with Crippen molar-refractivity contribution in [2.24, 2.45) is 5.73 Å². The van der Waals surface area contributed by atoms with E-state index in [-0.39, 0.29) is 24.5 Å². The Balaban J connectivity index is 2.51. The predicted octanol–water partition coefficient (Wildman–Crippen LogP) is -1.14. The van der Waals surface area contributed by atoms with Gasteiger partial charge in [0.25, 0.3) is 0 Å². The largest absolute Gasteiger partial charge is 0.504 e. The van der Waals surface area contributed by atoms with E-state index < -0.39 is 24.7 Å². The molecule has 0 spiro atoms. The molecule has 0 bridgehead atoms. The third kappa shape index (κ3) is 4.74. The lowest BCUT2D eigenvalue weighted by molar-refractivity contribution is -0.148. The maximum atomic E-state index is 11.5. The molecule has 0 amide bonds. The number of aliphatic hydroxyl groups is 2. The molecule has 6 N–H and O–H groups in total. The summed E-state index contributed by atoms with van der Waals surface area (Å²) in [6, 6.07) is 3.14. The van der Waals surface area contributed by atoms with Gasteiger partial charge in [0.1, 0.15) is 18.8 Å². The van der Waals surface area contributed by atoms with E-state index in [1.807, 2.05) is 0 Å². The summed E-state index contributed by atoms with van der Waals surface area (Å²) >= 11 is 0.